The van der Waals surface area contributed by atoms with Crippen LogP contribution >= 0.6 is 11.6 Å². The van der Waals surface area contributed by atoms with E-state index in [9.17, 15) is 0 Å². The Bertz CT molecular complexity index is 352. The number of methoxy groups -OCH3 is 1. The van der Waals surface area contributed by atoms with E-state index >= 15 is 0 Å². The van der Waals surface area contributed by atoms with Gasteiger partial charge in [-0.25, -0.2) is 0 Å². The highest BCUT2D eigenvalue weighted by Gasteiger charge is 2.23. The van der Waals surface area contributed by atoms with Crippen LogP contribution in [-0.4, -0.2) is 26.8 Å². The minimum atomic E-state index is 0.288. The zero-order chi connectivity index (χ0) is 14.1. The smallest absolute Gasteiger partial charge is 0.0587 e. The van der Waals surface area contributed by atoms with Crippen molar-refractivity contribution in [3.05, 3.63) is 34.9 Å². The molecule has 0 fully saturated rings. The van der Waals surface area contributed by atoms with Crippen molar-refractivity contribution < 1.29 is 4.74 Å². The van der Waals surface area contributed by atoms with Gasteiger partial charge in [-0.2, -0.15) is 0 Å². The second-order valence-electron chi connectivity index (χ2n) is 5.53. The Morgan fingerprint density at radius 2 is 1.95 bits per heavy atom. The molecular formula is C16H26ClNO. The summed E-state index contributed by atoms with van der Waals surface area (Å²) in [5.41, 5.74) is 1.64. The molecule has 0 heterocycles. The van der Waals surface area contributed by atoms with Crippen molar-refractivity contribution in [2.45, 2.75) is 33.1 Å². The van der Waals surface area contributed by atoms with Crippen LogP contribution in [0.15, 0.2) is 24.3 Å². The maximum Gasteiger partial charge on any atom is 0.0587 e. The summed E-state index contributed by atoms with van der Waals surface area (Å²) in [5, 5.41) is 4.30. The van der Waals surface area contributed by atoms with Gasteiger partial charge in [-0.3, -0.25) is 0 Å². The van der Waals surface area contributed by atoms with Gasteiger partial charge in [0.1, 0.15) is 0 Å². The first kappa shape index (κ1) is 16.5. The highest BCUT2D eigenvalue weighted by atomic mass is 35.5. The van der Waals surface area contributed by atoms with Gasteiger partial charge in [0.25, 0.3) is 0 Å². The fourth-order valence-corrected chi connectivity index (χ4v) is 2.63. The monoisotopic (exact) mass is 283 g/mol. The lowest BCUT2D eigenvalue weighted by Crippen LogP contribution is -2.35. The van der Waals surface area contributed by atoms with Crippen LogP contribution in [-0.2, 0) is 11.2 Å². The summed E-state index contributed by atoms with van der Waals surface area (Å²) in [6.45, 7) is 7.30. The number of ether oxygens (including phenoxy) is 1. The van der Waals surface area contributed by atoms with Gasteiger partial charge in [-0.15, -0.1) is 0 Å². The van der Waals surface area contributed by atoms with Crippen molar-refractivity contribution in [1.82, 2.24) is 5.32 Å². The van der Waals surface area contributed by atoms with Crippen LogP contribution in [0.5, 0.6) is 0 Å². The molecule has 1 aromatic rings. The van der Waals surface area contributed by atoms with Gasteiger partial charge < -0.3 is 10.1 Å². The fourth-order valence-electron chi connectivity index (χ4n) is 2.50. The van der Waals surface area contributed by atoms with Gasteiger partial charge in [-0.05, 0) is 36.0 Å². The van der Waals surface area contributed by atoms with E-state index in [0.717, 1.165) is 31.1 Å². The molecule has 0 aliphatic rings. The summed E-state index contributed by atoms with van der Waals surface area (Å²) in [6.07, 6.45) is 3.50. The molecular weight excluding hydrogens is 258 g/mol. The predicted molar refractivity (Wildman–Crippen MR) is 82.9 cm³/mol. The number of halogens is 1. The molecule has 108 valence electrons. The third-order valence-corrected chi connectivity index (χ3v) is 3.68. The van der Waals surface area contributed by atoms with E-state index in [4.69, 9.17) is 16.3 Å². The lowest BCUT2D eigenvalue weighted by atomic mass is 9.79. The maximum absolute atomic E-state index is 5.94. The molecule has 1 N–H and O–H groups in total. The maximum atomic E-state index is 5.94. The molecule has 1 aromatic carbocycles. The summed E-state index contributed by atoms with van der Waals surface area (Å²) in [6, 6.07) is 8.21. The van der Waals surface area contributed by atoms with Crippen LogP contribution in [0.1, 0.15) is 32.3 Å². The van der Waals surface area contributed by atoms with E-state index in [2.05, 4.69) is 31.3 Å². The third-order valence-electron chi connectivity index (χ3n) is 3.43. The first-order valence-corrected chi connectivity index (χ1v) is 7.41. The highest BCUT2D eigenvalue weighted by Crippen LogP contribution is 2.28. The van der Waals surface area contributed by atoms with Crippen molar-refractivity contribution in [2.75, 3.05) is 26.8 Å². The van der Waals surface area contributed by atoms with Crippen LogP contribution in [0.2, 0.25) is 5.02 Å². The van der Waals surface area contributed by atoms with Crippen LogP contribution in [0, 0.1) is 5.41 Å². The van der Waals surface area contributed by atoms with E-state index in [1.807, 2.05) is 12.1 Å². The summed E-state index contributed by atoms with van der Waals surface area (Å²) >= 11 is 5.94. The first-order valence-electron chi connectivity index (χ1n) is 7.04. The zero-order valence-corrected chi connectivity index (χ0v) is 13.1. The molecule has 2 nitrogen and oxygen atoms in total. The molecule has 0 spiro atoms. The van der Waals surface area contributed by atoms with Gasteiger partial charge >= 0.3 is 0 Å². The second-order valence-corrected chi connectivity index (χ2v) is 5.97. The molecule has 0 aromatic heterocycles. The Morgan fingerprint density at radius 3 is 2.53 bits per heavy atom. The molecule has 1 unspecified atom stereocenters. The number of benzene rings is 1. The summed E-state index contributed by atoms with van der Waals surface area (Å²) in [4.78, 5) is 0. The van der Waals surface area contributed by atoms with E-state index < -0.39 is 0 Å². The van der Waals surface area contributed by atoms with Crippen LogP contribution in [0.25, 0.3) is 0 Å². The van der Waals surface area contributed by atoms with Crippen molar-refractivity contribution in [3.8, 4) is 0 Å². The van der Waals surface area contributed by atoms with E-state index in [0.29, 0.717) is 0 Å². The Kier molecular flexibility index (Phi) is 7.44. The average Bonchev–Trinajstić information content (AvgIpc) is 2.38. The number of rotatable bonds is 9. The summed E-state index contributed by atoms with van der Waals surface area (Å²) < 4.78 is 5.07. The topological polar surface area (TPSA) is 21.3 Å². The molecule has 0 amide bonds. The molecule has 1 rings (SSSR count). The molecule has 1 atom stereocenters. The Hall–Kier alpha value is -0.570. The zero-order valence-electron chi connectivity index (χ0n) is 12.3. The van der Waals surface area contributed by atoms with Crippen LogP contribution in [0.4, 0.5) is 0 Å². The Morgan fingerprint density at radius 1 is 1.26 bits per heavy atom. The number of nitrogens with one attached hydrogen (secondary N) is 1. The Balaban J connectivity index is 2.56. The van der Waals surface area contributed by atoms with Gasteiger partial charge in [-0.1, -0.05) is 44.0 Å². The average molecular weight is 284 g/mol. The quantitative estimate of drug-likeness (QED) is 0.694. The van der Waals surface area contributed by atoms with Crippen molar-refractivity contribution >= 4 is 11.6 Å². The molecule has 19 heavy (non-hydrogen) atoms. The van der Waals surface area contributed by atoms with Gasteiger partial charge in [0.2, 0.25) is 0 Å². The SMILES string of the molecule is CCCC(C)(CNCCOC)Cc1ccc(Cl)cc1. The third kappa shape index (κ3) is 6.42. The second kappa shape index (κ2) is 8.57. The van der Waals surface area contributed by atoms with Gasteiger partial charge in [0.15, 0.2) is 0 Å². The molecule has 3 heteroatoms. The Labute approximate surface area is 122 Å². The molecule has 0 radical (unpaired) electrons. The minimum Gasteiger partial charge on any atom is -0.383 e. The number of hydrogen-bond acceptors (Lipinski definition) is 2. The standard InChI is InChI=1S/C16H26ClNO/c1-4-9-16(2,13-18-10-11-19-3)12-14-5-7-15(17)8-6-14/h5-8,18H,4,9-13H2,1-3H3. The van der Waals surface area contributed by atoms with Crippen LogP contribution < -0.4 is 5.32 Å². The molecule has 0 saturated carbocycles. The first-order chi connectivity index (χ1) is 9.09. The molecule has 0 aliphatic carbocycles. The minimum absolute atomic E-state index is 0.288. The van der Waals surface area contributed by atoms with Gasteiger partial charge in [0, 0.05) is 25.2 Å². The number of hydrogen-bond donors (Lipinski definition) is 1. The van der Waals surface area contributed by atoms with E-state index in [1.54, 1.807) is 7.11 Å². The van der Waals surface area contributed by atoms with Crippen LogP contribution in [0.3, 0.4) is 0 Å². The normalized spacial score (nSPS) is 14.3. The molecule has 0 bridgehead atoms. The fraction of sp³-hybridized carbons (Fsp3) is 0.625. The van der Waals surface area contributed by atoms with Crippen molar-refractivity contribution in [3.63, 3.8) is 0 Å². The van der Waals surface area contributed by atoms with Crippen molar-refractivity contribution in [1.29, 1.82) is 0 Å². The molecule has 0 aliphatic heterocycles. The van der Waals surface area contributed by atoms with E-state index in [1.165, 1.54) is 18.4 Å². The molecule has 0 saturated heterocycles. The van der Waals surface area contributed by atoms with Crippen molar-refractivity contribution in [2.24, 2.45) is 5.41 Å². The summed E-state index contributed by atoms with van der Waals surface area (Å²) in [5.74, 6) is 0. The lowest BCUT2D eigenvalue weighted by molar-refractivity contribution is 0.190. The predicted octanol–water partition coefficient (Wildman–Crippen LogP) is 3.92. The highest BCUT2D eigenvalue weighted by molar-refractivity contribution is 6.30. The largest absolute Gasteiger partial charge is 0.383 e. The lowest BCUT2D eigenvalue weighted by Gasteiger charge is -2.30. The summed E-state index contributed by atoms with van der Waals surface area (Å²) in [7, 11) is 1.74. The van der Waals surface area contributed by atoms with E-state index in [-0.39, 0.29) is 5.41 Å². The van der Waals surface area contributed by atoms with Gasteiger partial charge in [0.05, 0.1) is 6.61 Å².